The number of likely N-dealkylation sites (N-methyl/N-ethyl adjacent to an activating group) is 1. The van der Waals surface area contributed by atoms with E-state index in [2.05, 4.69) is 5.32 Å². The zero-order valence-corrected chi connectivity index (χ0v) is 14.1. The molecular formula is C17H19Cl2N2O+. The Balaban J connectivity index is 1.89. The van der Waals surface area contributed by atoms with E-state index in [4.69, 9.17) is 23.2 Å². The summed E-state index contributed by atoms with van der Waals surface area (Å²) in [6, 6.07) is 13.2. The predicted octanol–water partition coefficient (Wildman–Crippen LogP) is 2.96. The van der Waals surface area contributed by atoms with Crippen LogP contribution >= 0.6 is 23.2 Å². The molecule has 1 unspecified atom stereocenters. The molecule has 2 aromatic rings. The lowest BCUT2D eigenvalue weighted by atomic mass is 10.2. The molecule has 2 aromatic carbocycles. The molecular weight excluding hydrogens is 319 g/mol. The average Bonchev–Trinajstić information content (AvgIpc) is 2.44. The van der Waals surface area contributed by atoms with Crippen molar-refractivity contribution in [2.24, 2.45) is 0 Å². The van der Waals surface area contributed by atoms with Crippen molar-refractivity contribution in [3.05, 3.63) is 63.6 Å². The van der Waals surface area contributed by atoms with Gasteiger partial charge in [-0.25, -0.2) is 0 Å². The van der Waals surface area contributed by atoms with Gasteiger partial charge in [-0.3, -0.25) is 4.79 Å². The highest BCUT2D eigenvalue weighted by atomic mass is 35.5. The normalized spacial score (nSPS) is 12.0. The highest BCUT2D eigenvalue weighted by Gasteiger charge is 2.12. The highest BCUT2D eigenvalue weighted by Crippen LogP contribution is 2.20. The van der Waals surface area contributed by atoms with Crippen LogP contribution in [0.1, 0.15) is 11.1 Å². The van der Waals surface area contributed by atoms with Gasteiger partial charge in [0.15, 0.2) is 6.54 Å². The summed E-state index contributed by atoms with van der Waals surface area (Å²) in [5.74, 6) is -0.0218. The molecule has 5 heteroatoms. The molecule has 22 heavy (non-hydrogen) atoms. The maximum atomic E-state index is 12.1. The van der Waals surface area contributed by atoms with Gasteiger partial charge in [0.25, 0.3) is 5.91 Å². The lowest BCUT2D eigenvalue weighted by Crippen LogP contribution is -3.08. The Morgan fingerprint density at radius 1 is 1.14 bits per heavy atom. The van der Waals surface area contributed by atoms with Gasteiger partial charge in [0.2, 0.25) is 0 Å². The standard InChI is InChI=1S/C17H18Cl2N2O/c1-12-3-7-15(8-4-12)20-17(22)11-21(2)10-13-5-6-14(18)9-16(13)19/h3-9H,10-11H2,1-2H3,(H,20,22)/p+1. The molecule has 0 aliphatic heterocycles. The fourth-order valence-corrected chi connectivity index (χ4v) is 2.64. The minimum absolute atomic E-state index is 0.0218. The van der Waals surface area contributed by atoms with Crippen molar-refractivity contribution in [1.29, 1.82) is 0 Å². The van der Waals surface area contributed by atoms with Crippen molar-refractivity contribution < 1.29 is 9.69 Å². The van der Waals surface area contributed by atoms with E-state index in [9.17, 15) is 4.79 Å². The zero-order chi connectivity index (χ0) is 16.1. The van der Waals surface area contributed by atoms with Gasteiger partial charge in [-0.2, -0.15) is 0 Å². The Hall–Kier alpha value is -1.55. The summed E-state index contributed by atoms with van der Waals surface area (Å²) in [4.78, 5) is 13.1. The van der Waals surface area contributed by atoms with Crippen LogP contribution in [0, 0.1) is 6.92 Å². The van der Waals surface area contributed by atoms with E-state index in [1.54, 1.807) is 6.07 Å². The largest absolute Gasteiger partial charge is 0.326 e. The average molecular weight is 338 g/mol. The SMILES string of the molecule is Cc1ccc(NC(=O)C[NH+](C)Cc2ccc(Cl)cc2Cl)cc1. The molecule has 0 saturated carbocycles. The van der Waals surface area contributed by atoms with Crippen molar-refractivity contribution in [2.45, 2.75) is 13.5 Å². The third-order valence-corrected chi connectivity index (χ3v) is 3.89. The van der Waals surface area contributed by atoms with Crippen molar-refractivity contribution in [2.75, 3.05) is 18.9 Å². The second-order valence-electron chi connectivity index (χ2n) is 5.46. The molecule has 2 N–H and O–H groups in total. The maximum Gasteiger partial charge on any atom is 0.279 e. The molecule has 0 bridgehead atoms. The number of rotatable bonds is 5. The minimum atomic E-state index is -0.0218. The van der Waals surface area contributed by atoms with Crippen LogP contribution in [-0.4, -0.2) is 19.5 Å². The van der Waals surface area contributed by atoms with Gasteiger partial charge in [0.05, 0.1) is 12.1 Å². The molecule has 0 heterocycles. The number of hydrogen-bond donors (Lipinski definition) is 2. The van der Waals surface area contributed by atoms with Crippen LogP contribution < -0.4 is 10.2 Å². The number of halogens is 2. The summed E-state index contributed by atoms with van der Waals surface area (Å²) in [6.07, 6.45) is 0. The number of nitrogens with one attached hydrogen (secondary N) is 2. The third kappa shape index (κ3) is 5.02. The number of aryl methyl sites for hydroxylation is 1. The molecule has 0 radical (unpaired) electrons. The first-order chi connectivity index (χ1) is 10.4. The smallest absolute Gasteiger partial charge is 0.279 e. The van der Waals surface area contributed by atoms with Crippen molar-refractivity contribution >= 4 is 34.8 Å². The number of hydrogen-bond acceptors (Lipinski definition) is 1. The van der Waals surface area contributed by atoms with E-state index >= 15 is 0 Å². The second-order valence-corrected chi connectivity index (χ2v) is 6.30. The first-order valence-electron chi connectivity index (χ1n) is 7.06. The number of amides is 1. The van der Waals surface area contributed by atoms with E-state index in [-0.39, 0.29) is 5.91 Å². The van der Waals surface area contributed by atoms with Crippen LogP contribution in [0.3, 0.4) is 0 Å². The first-order valence-corrected chi connectivity index (χ1v) is 7.81. The molecule has 0 fully saturated rings. The lowest BCUT2D eigenvalue weighted by molar-refractivity contribution is -0.885. The van der Waals surface area contributed by atoms with E-state index in [0.29, 0.717) is 23.1 Å². The van der Waals surface area contributed by atoms with Gasteiger partial charge in [0.1, 0.15) is 6.54 Å². The van der Waals surface area contributed by atoms with Gasteiger partial charge in [-0.1, -0.05) is 47.0 Å². The Morgan fingerprint density at radius 3 is 2.45 bits per heavy atom. The monoisotopic (exact) mass is 337 g/mol. The molecule has 2 rings (SSSR count). The molecule has 3 nitrogen and oxygen atoms in total. The molecule has 0 aliphatic rings. The van der Waals surface area contributed by atoms with E-state index in [1.165, 1.54) is 0 Å². The number of carbonyl (C=O) groups excluding carboxylic acids is 1. The van der Waals surface area contributed by atoms with Gasteiger partial charge >= 0.3 is 0 Å². The fraction of sp³-hybridized carbons (Fsp3) is 0.235. The summed E-state index contributed by atoms with van der Waals surface area (Å²) < 4.78 is 0. The summed E-state index contributed by atoms with van der Waals surface area (Å²) in [7, 11) is 1.96. The third-order valence-electron chi connectivity index (χ3n) is 3.30. The van der Waals surface area contributed by atoms with Crippen LogP contribution in [-0.2, 0) is 11.3 Å². The Morgan fingerprint density at radius 2 is 1.82 bits per heavy atom. The summed E-state index contributed by atoms with van der Waals surface area (Å²) >= 11 is 12.0. The van der Waals surface area contributed by atoms with E-state index < -0.39 is 0 Å². The number of carbonyl (C=O) groups is 1. The molecule has 0 spiro atoms. The molecule has 0 saturated heterocycles. The topological polar surface area (TPSA) is 33.5 Å². The Kier molecular flexibility index (Phi) is 5.83. The first kappa shape index (κ1) is 16.8. The van der Waals surface area contributed by atoms with Gasteiger partial charge in [0, 0.05) is 16.3 Å². The predicted molar refractivity (Wildman–Crippen MR) is 91.7 cm³/mol. The van der Waals surface area contributed by atoms with Crippen molar-refractivity contribution in [3.63, 3.8) is 0 Å². The van der Waals surface area contributed by atoms with E-state index in [0.717, 1.165) is 21.7 Å². The van der Waals surface area contributed by atoms with Crippen LogP contribution in [0.25, 0.3) is 0 Å². The van der Waals surface area contributed by atoms with Crippen LogP contribution in [0.2, 0.25) is 10.0 Å². The van der Waals surface area contributed by atoms with Crippen molar-refractivity contribution in [3.8, 4) is 0 Å². The number of anilines is 1. The van der Waals surface area contributed by atoms with Crippen LogP contribution in [0.15, 0.2) is 42.5 Å². The molecule has 116 valence electrons. The van der Waals surface area contributed by atoms with Gasteiger partial charge in [-0.15, -0.1) is 0 Å². The Bertz CT molecular complexity index is 656. The van der Waals surface area contributed by atoms with E-state index in [1.807, 2.05) is 50.4 Å². The lowest BCUT2D eigenvalue weighted by Gasteiger charge is -2.15. The molecule has 0 aliphatic carbocycles. The molecule has 0 aromatic heterocycles. The quantitative estimate of drug-likeness (QED) is 0.864. The summed E-state index contributed by atoms with van der Waals surface area (Å²) in [6.45, 7) is 3.05. The van der Waals surface area contributed by atoms with Crippen LogP contribution in [0.4, 0.5) is 5.69 Å². The fourth-order valence-electron chi connectivity index (χ4n) is 2.17. The number of quaternary nitrogens is 1. The summed E-state index contributed by atoms with van der Waals surface area (Å²) in [5, 5.41) is 4.14. The second kappa shape index (κ2) is 7.63. The zero-order valence-electron chi connectivity index (χ0n) is 12.6. The van der Waals surface area contributed by atoms with Gasteiger partial charge in [-0.05, 0) is 31.2 Å². The minimum Gasteiger partial charge on any atom is -0.326 e. The highest BCUT2D eigenvalue weighted by molar-refractivity contribution is 6.35. The Labute approximate surface area is 140 Å². The summed E-state index contributed by atoms with van der Waals surface area (Å²) in [5.41, 5.74) is 2.96. The molecule has 1 amide bonds. The van der Waals surface area contributed by atoms with Crippen molar-refractivity contribution in [1.82, 2.24) is 0 Å². The maximum absolute atomic E-state index is 12.1. The van der Waals surface area contributed by atoms with Crippen LogP contribution in [0.5, 0.6) is 0 Å². The molecule has 1 atom stereocenters. The number of benzene rings is 2. The van der Waals surface area contributed by atoms with Gasteiger partial charge < -0.3 is 10.2 Å².